The van der Waals surface area contributed by atoms with Gasteiger partial charge >= 0.3 is 5.97 Å². The standard InChI is InChI=1S/C13H18FN3O3/c1-7(2)5-17-12(18)6-16-11-3-8(13(19)20)10(15)4-9(11)14/h3-4,7,16H,5-6,15H2,1-2H3,(H,17,18)(H,19,20). The molecule has 0 atom stereocenters. The predicted molar refractivity (Wildman–Crippen MR) is 74.1 cm³/mol. The third-order valence-electron chi connectivity index (χ3n) is 2.52. The summed E-state index contributed by atoms with van der Waals surface area (Å²) in [6.45, 7) is 4.27. The average Bonchev–Trinajstić information content (AvgIpc) is 2.34. The molecular weight excluding hydrogens is 265 g/mol. The van der Waals surface area contributed by atoms with Gasteiger partial charge in [-0.25, -0.2) is 9.18 Å². The molecule has 1 aromatic carbocycles. The van der Waals surface area contributed by atoms with E-state index in [2.05, 4.69) is 10.6 Å². The molecule has 6 nitrogen and oxygen atoms in total. The number of carbonyl (C=O) groups excluding carboxylic acids is 1. The minimum Gasteiger partial charge on any atom is -0.478 e. The maximum absolute atomic E-state index is 13.6. The molecule has 0 heterocycles. The Bertz CT molecular complexity index is 518. The normalized spacial score (nSPS) is 10.4. The number of carboxylic acids is 1. The molecule has 0 bridgehead atoms. The highest BCUT2D eigenvalue weighted by Crippen LogP contribution is 2.22. The summed E-state index contributed by atoms with van der Waals surface area (Å²) in [4.78, 5) is 22.4. The van der Waals surface area contributed by atoms with Gasteiger partial charge in [-0.1, -0.05) is 13.8 Å². The first kappa shape index (κ1) is 15.7. The highest BCUT2D eigenvalue weighted by atomic mass is 19.1. The molecule has 1 aromatic rings. The SMILES string of the molecule is CC(C)CNC(=O)CNc1cc(C(=O)O)c(N)cc1F. The van der Waals surface area contributed by atoms with E-state index in [1.165, 1.54) is 0 Å². The Hall–Kier alpha value is -2.31. The number of nitrogens with two attached hydrogens (primary N) is 1. The van der Waals surface area contributed by atoms with E-state index in [-0.39, 0.29) is 29.4 Å². The number of hydrogen-bond donors (Lipinski definition) is 4. The number of rotatable bonds is 6. The van der Waals surface area contributed by atoms with Crippen LogP contribution in [-0.2, 0) is 4.79 Å². The summed E-state index contributed by atoms with van der Waals surface area (Å²) < 4.78 is 13.6. The summed E-state index contributed by atoms with van der Waals surface area (Å²) in [6, 6.07) is 1.99. The van der Waals surface area contributed by atoms with Gasteiger partial charge in [0.1, 0.15) is 5.82 Å². The van der Waals surface area contributed by atoms with Crippen LogP contribution in [0.2, 0.25) is 0 Å². The first-order valence-electron chi connectivity index (χ1n) is 6.14. The van der Waals surface area contributed by atoms with Gasteiger partial charge in [-0.2, -0.15) is 0 Å². The Morgan fingerprint density at radius 1 is 1.40 bits per heavy atom. The molecule has 7 heteroatoms. The van der Waals surface area contributed by atoms with Crippen LogP contribution in [0.1, 0.15) is 24.2 Å². The predicted octanol–water partition coefficient (Wildman–Crippen LogP) is 1.29. The Labute approximate surface area is 116 Å². The molecule has 1 rings (SSSR count). The number of aromatic carboxylic acids is 1. The summed E-state index contributed by atoms with van der Waals surface area (Å²) in [5, 5.41) is 14.1. The molecule has 110 valence electrons. The maximum atomic E-state index is 13.6. The Kier molecular flexibility index (Phi) is 5.31. The van der Waals surface area contributed by atoms with Crippen molar-refractivity contribution in [3.63, 3.8) is 0 Å². The van der Waals surface area contributed by atoms with E-state index in [0.717, 1.165) is 12.1 Å². The van der Waals surface area contributed by atoms with E-state index in [9.17, 15) is 14.0 Å². The first-order chi connectivity index (χ1) is 9.31. The number of amides is 1. The summed E-state index contributed by atoms with van der Waals surface area (Å²) in [5.74, 6) is -1.95. The molecule has 0 saturated carbocycles. The molecule has 5 N–H and O–H groups in total. The van der Waals surface area contributed by atoms with Crippen molar-refractivity contribution in [3.05, 3.63) is 23.5 Å². The fraction of sp³-hybridized carbons (Fsp3) is 0.385. The quantitative estimate of drug-likeness (QED) is 0.589. The van der Waals surface area contributed by atoms with Crippen LogP contribution in [0.25, 0.3) is 0 Å². The van der Waals surface area contributed by atoms with Gasteiger partial charge < -0.3 is 21.5 Å². The van der Waals surface area contributed by atoms with E-state index in [4.69, 9.17) is 10.8 Å². The number of nitrogens with one attached hydrogen (secondary N) is 2. The summed E-state index contributed by atoms with van der Waals surface area (Å²) in [6.07, 6.45) is 0. The molecule has 1 amide bonds. The minimum absolute atomic E-state index is 0.0729. The number of benzene rings is 1. The van der Waals surface area contributed by atoms with Gasteiger partial charge in [-0.3, -0.25) is 4.79 Å². The summed E-state index contributed by atoms with van der Waals surface area (Å²) in [7, 11) is 0. The molecule has 0 aromatic heterocycles. The van der Waals surface area contributed by atoms with Crippen LogP contribution in [0.5, 0.6) is 0 Å². The monoisotopic (exact) mass is 283 g/mol. The van der Waals surface area contributed by atoms with E-state index in [1.807, 2.05) is 13.8 Å². The smallest absolute Gasteiger partial charge is 0.337 e. The van der Waals surface area contributed by atoms with Gasteiger partial charge in [-0.15, -0.1) is 0 Å². The second-order valence-corrected chi connectivity index (χ2v) is 4.78. The van der Waals surface area contributed by atoms with E-state index in [1.54, 1.807) is 0 Å². The second-order valence-electron chi connectivity index (χ2n) is 4.78. The molecule has 0 spiro atoms. The highest BCUT2D eigenvalue weighted by Gasteiger charge is 2.13. The summed E-state index contributed by atoms with van der Waals surface area (Å²) >= 11 is 0. The zero-order valence-electron chi connectivity index (χ0n) is 11.4. The van der Waals surface area contributed by atoms with E-state index < -0.39 is 11.8 Å². The zero-order chi connectivity index (χ0) is 15.3. The Morgan fingerprint density at radius 3 is 2.60 bits per heavy atom. The first-order valence-corrected chi connectivity index (χ1v) is 6.14. The van der Waals surface area contributed by atoms with Gasteiger partial charge in [0.25, 0.3) is 0 Å². The number of carbonyl (C=O) groups is 2. The van der Waals surface area contributed by atoms with Crippen LogP contribution in [0.15, 0.2) is 12.1 Å². The van der Waals surface area contributed by atoms with Crippen LogP contribution < -0.4 is 16.4 Å². The lowest BCUT2D eigenvalue weighted by Crippen LogP contribution is -2.32. The van der Waals surface area contributed by atoms with Crippen molar-refractivity contribution in [1.29, 1.82) is 0 Å². The zero-order valence-corrected chi connectivity index (χ0v) is 11.4. The van der Waals surface area contributed by atoms with Gasteiger partial charge in [0.05, 0.1) is 17.8 Å². The van der Waals surface area contributed by atoms with Crippen LogP contribution >= 0.6 is 0 Å². The van der Waals surface area contributed by atoms with Crippen LogP contribution in [-0.4, -0.2) is 30.1 Å². The topological polar surface area (TPSA) is 104 Å². The molecular formula is C13H18FN3O3. The number of anilines is 2. The number of halogens is 1. The number of carboxylic acid groups (broad SMARTS) is 1. The second kappa shape index (κ2) is 6.74. The van der Waals surface area contributed by atoms with E-state index >= 15 is 0 Å². The lowest BCUT2D eigenvalue weighted by atomic mass is 10.1. The van der Waals surface area contributed by atoms with E-state index in [0.29, 0.717) is 12.5 Å². The molecule has 0 aliphatic carbocycles. The molecule has 0 aliphatic heterocycles. The lowest BCUT2D eigenvalue weighted by Gasteiger charge is -2.11. The molecule has 0 saturated heterocycles. The third kappa shape index (κ3) is 4.42. The number of nitrogen functional groups attached to an aromatic ring is 1. The Morgan fingerprint density at radius 2 is 2.05 bits per heavy atom. The van der Waals surface area contributed by atoms with Crippen molar-refractivity contribution in [1.82, 2.24) is 5.32 Å². The van der Waals surface area contributed by atoms with Gasteiger partial charge in [0.2, 0.25) is 5.91 Å². The van der Waals surface area contributed by atoms with Crippen molar-refractivity contribution in [2.24, 2.45) is 5.92 Å². The molecule has 0 aliphatic rings. The fourth-order valence-corrected chi connectivity index (χ4v) is 1.47. The highest BCUT2D eigenvalue weighted by molar-refractivity contribution is 5.95. The molecule has 20 heavy (non-hydrogen) atoms. The molecule has 0 radical (unpaired) electrons. The maximum Gasteiger partial charge on any atom is 0.337 e. The van der Waals surface area contributed by atoms with Gasteiger partial charge in [-0.05, 0) is 18.1 Å². The summed E-state index contributed by atoms with van der Waals surface area (Å²) in [5.41, 5.74) is 4.95. The van der Waals surface area contributed by atoms with Crippen LogP contribution in [0.4, 0.5) is 15.8 Å². The average molecular weight is 283 g/mol. The van der Waals surface area contributed by atoms with Crippen molar-refractivity contribution < 1.29 is 19.1 Å². The lowest BCUT2D eigenvalue weighted by molar-refractivity contribution is -0.119. The fourth-order valence-electron chi connectivity index (χ4n) is 1.47. The Balaban J connectivity index is 2.70. The molecule has 0 fully saturated rings. The minimum atomic E-state index is -1.25. The van der Waals surface area contributed by atoms with Crippen molar-refractivity contribution in [3.8, 4) is 0 Å². The largest absolute Gasteiger partial charge is 0.478 e. The third-order valence-corrected chi connectivity index (χ3v) is 2.52. The van der Waals surface area contributed by atoms with Gasteiger partial charge in [0, 0.05) is 12.2 Å². The van der Waals surface area contributed by atoms with Crippen LogP contribution in [0, 0.1) is 11.7 Å². The van der Waals surface area contributed by atoms with Gasteiger partial charge in [0.15, 0.2) is 0 Å². The number of hydrogen-bond acceptors (Lipinski definition) is 4. The van der Waals surface area contributed by atoms with Crippen molar-refractivity contribution in [2.75, 3.05) is 24.1 Å². The van der Waals surface area contributed by atoms with Crippen LogP contribution in [0.3, 0.4) is 0 Å². The van der Waals surface area contributed by atoms with Crippen molar-refractivity contribution in [2.45, 2.75) is 13.8 Å². The van der Waals surface area contributed by atoms with Crippen molar-refractivity contribution >= 4 is 23.3 Å². The molecule has 0 unspecified atom stereocenters.